The zero-order chi connectivity index (χ0) is 10.4. The van der Waals surface area contributed by atoms with Crippen LogP contribution in [0.3, 0.4) is 0 Å². The summed E-state index contributed by atoms with van der Waals surface area (Å²) in [5.41, 5.74) is 0. The Kier molecular flexibility index (Phi) is 4.92. The van der Waals surface area contributed by atoms with Gasteiger partial charge in [-0.2, -0.15) is 0 Å². The Morgan fingerprint density at radius 2 is 2.36 bits per heavy atom. The van der Waals surface area contributed by atoms with Crippen LogP contribution in [0.5, 0.6) is 5.75 Å². The van der Waals surface area contributed by atoms with E-state index < -0.39 is 16.9 Å². The van der Waals surface area contributed by atoms with E-state index in [1.807, 2.05) is 0 Å². The average molecular weight is 236 g/mol. The number of hydrogen-bond acceptors (Lipinski definition) is 4. The molecule has 6 heteroatoms. The van der Waals surface area contributed by atoms with Gasteiger partial charge in [0.2, 0.25) is 11.1 Å². The van der Waals surface area contributed by atoms with Gasteiger partial charge in [0.25, 0.3) is 0 Å². The lowest BCUT2D eigenvalue weighted by atomic mass is 10.3. The summed E-state index contributed by atoms with van der Waals surface area (Å²) in [4.78, 5) is 0. The van der Waals surface area contributed by atoms with Gasteiger partial charge < -0.3 is 8.37 Å². The highest BCUT2D eigenvalue weighted by Crippen LogP contribution is 2.14. The lowest BCUT2D eigenvalue weighted by Gasteiger charge is -2.03. The Labute approximate surface area is 88.5 Å². The Morgan fingerprint density at radius 1 is 1.57 bits per heavy atom. The molecule has 0 aliphatic rings. The van der Waals surface area contributed by atoms with Crippen LogP contribution in [0, 0.1) is 5.82 Å². The van der Waals surface area contributed by atoms with Crippen LogP contribution in [0.15, 0.2) is 24.3 Å². The number of halogens is 1. The molecule has 3 nitrogen and oxygen atoms in total. The number of benzene rings is 1. The van der Waals surface area contributed by atoms with Crippen molar-refractivity contribution in [3.8, 4) is 5.75 Å². The van der Waals surface area contributed by atoms with Crippen molar-refractivity contribution in [3.63, 3.8) is 0 Å². The molecule has 0 aromatic heterocycles. The molecule has 1 aromatic rings. The van der Waals surface area contributed by atoms with Crippen LogP contribution < -0.4 is 4.18 Å². The summed E-state index contributed by atoms with van der Waals surface area (Å²) in [6.07, 6.45) is 0. The Bertz CT molecular complexity index is 319. The van der Waals surface area contributed by atoms with Gasteiger partial charge in [-0.3, -0.25) is 0 Å². The summed E-state index contributed by atoms with van der Waals surface area (Å²) >= 11 is -0.487. The van der Waals surface area contributed by atoms with E-state index >= 15 is 0 Å². The van der Waals surface area contributed by atoms with Crippen molar-refractivity contribution < 1.29 is 17.0 Å². The van der Waals surface area contributed by atoms with Crippen LogP contribution in [0.2, 0.25) is 0 Å². The third-order valence-corrected chi connectivity index (χ3v) is 3.02. The molecule has 0 amide bonds. The molecule has 0 heterocycles. The molecule has 0 spiro atoms. The van der Waals surface area contributed by atoms with Crippen molar-refractivity contribution in [2.75, 3.05) is 12.2 Å². The molecule has 0 saturated heterocycles. The number of rotatable bonds is 5. The van der Waals surface area contributed by atoms with E-state index in [-0.39, 0.29) is 10.8 Å². The lowest BCUT2D eigenvalue weighted by molar-refractivity contribution is 0.491. The minimum atomic E-state index is -1.51. The van der Waals surface area contributed by atoms with Crippen LogP contribution in [0.1, 0.15) is 0 Å². The molecule has 0 radical (unpaired) electrons. The van der Waals surface area contributed by atoms with Crippen molar-refractivity contribution in [1.29, 1.82) is 0 Å². The quantitative estimate of drug-likeness (QED) is 0.734. The van der Waals surface area contributed by atoms with Crippen molar-refractivity contribution in [2.24, 2.45) is 0 Å². The Balaban J connectivity index is 2.47. The number of hydrogen-bond donors (Lipinski definition) is 0. The highest BCUT2D eigenvalue weighted by atomic mass is 32.2. The van der Waals surface area contributed by atoms with Gasteiger partial charge in [-0.1, -0.05) is 6.07 Å². The first-order chi connectivity index (χ1) is 6.72. The standard InChI is InChI=1S/C8H9FO3S2/c1-11-13-6-14(10)12-8-4-2-3-7(9)5-8/h2-5H,6H2,1H3. The smallest absolute Gasteiger partial charge is 0.219 e. The van der Waals surface area contributed by atoms with Gasteiger partial charge in [-0.25, -0.2) is 8.60 Å². The van der Waals surface area contributed by atoms with Gasteiger partial charge in [0.1, 0.15) is 16.7 Å². The normalized spacial score (nSPS) is 12.4. The molecule has 1 unspecified atom stereocenters. The van der Waals surface area contributed by atoms with Gasteiger partial charge in [-0.05, 0) is 12.1 Å². The van der Waals surface area contributed by atoms with Crippen molar-refractivity contribution in [3.05, 3.63) is 30.1 Å². The second-order valence-electron chi connectivity index (χ2n) is 2.25. The van der Waals surface area contributed by atoms with Crippen molar-refractivity contribution >= 4 is 23.1 Å². The van der Waals surface area contributed by atoms with Gasteiger partial charge in [0, 0.05) is 18.1 Å². The van der Waals surface area contributed by atoms with Crippen LogP contribution in [-0.4, -0.2) is 16.4 Å². The first-order valence-electron chi connectivity index (χ1n) is 3.70. The highest BCUT2D eigenvalue weighted by molar-refractivity contribution is 8.06. The molecule has 0 fully saturated rings. The van der Waals surface area contributed by atoms with Crippen molar-refractivity contribution in [2.45, 2.75) is 0 Å². The molecule has 0 bridgehead atoms. The summed E-state index contributed by atoms with van der Waals surface area (Å²) in [6, 6.07) is 5.50. The van der Waals surface area contributed by atoms with Crippen LogP contribution in [0.4, 0.5) is 4.39 Å². The third kappa shape index (κ3) is 4.08. The minimum Gasteiger partial charge on any atom is -0.400 e. The highest BCUT2D eigenvalue weighted by Gasteiger charge is 2.03. The van der Waals surface area contributed by atoms with E-state index in [4.69, 9.17) is 4.18 Å². The molecule has 0 aliphatic heterocycles. The Morgan fingerprint density at radius 3 is 3.00 bits per heavy atom. The second-order valence-corrected chi connectivity index (χ2v) is 4.53. The third-order valence-electron chi connectivity index (χ3n) is 1.25. The molecule has 1 rings (SSSR count). The fourth-order valence-corrected chi connectivity index (χ4v) is 1.95. The Hall–Kier alpha value is -0.590. The van der Waals surface area contributed by atoms with Gasteiger partial charge >= 0.3 is 0 Å². The summed E-state index contributed by atoms with van der Waals surface area (Å²) in [7, 11) is 1.48. The fourth-order valence-electron chi connectivity index (χ4n) is 0.738. The van der Waals surface area contributed by atoms with Gasteiger partial charge in [-0.15, -0.1) is 0 Å². The second kappa shape index (κ2) is 6.00. The summed E-state index contributed by atoms with van der Waals surface area (Å²) in [5.74, 6) is -0.168. The topological polar surface area (TPSA) is 35.5 Å². The van der Waals surface area contributed by atoms with E-state index in [9.17, 15) is 8.60 Å². The molecule has 0 saturated carbocycles. The molecule has 0 aliphatic carbocycles. The minimum absolute atomic E-state index is 0.188. The van der Waals surface area contributed by atoms with Crippen LogP contribution >= 0.6 is 12.0 Å². The molecule has 78 valence electrons. The lowest BCUT2D eigenvalue weighted by Crippen LogP contribution is -2.02. The zero-order valence-electron chi connectivity index (χ0n) is 7.44. The van der Waals surface area contributed by atoms with E-state index in [2.05, 4.69) is 4.18 Å². The fraction of sp³-hybridized carbons (Fsp3) is 0.250. The first-order valence-corrected chi connectivity index (χ1v) is 5.85. The molecular formula is C8H9FO3S2. The average Bonchev–Trinajstić information content (AvgIpc) is 2.15. The SMILES string of the molecule is COSCS(=O)Oc1cccc(F)c1. The predicted molar refractivity (Wildman–Crippen MR) is 54.6 cm³/mol. The maximum atomic E-state index is 12.7. The largest absolute Gasteiger partial charge is 0.400 e. The van der Waals surface area contributed by atoms with Crippen LogP contribution in [-0.2, 0) is 15.3 Å². The molecule has 0 N–H and O–H groups in total. The van der Waals surface area contributed by atoms with E-state index in [1.54, 1.807) is 6.07 Å². The van der Waals surface area contributed by atoms with Crippen LogP contribution in [0.25, 0.3) is 0 Å². The monoisotopic (exact) mass is 236 g/mol. The summed E-state index contributed by atoms with van der Waals surface area (Å²) in [6.45, 7) is 0. The van der Waals surface area contributed by atoms with Crippen molar-refractivity contribution in [1.82, 2.24) is 0 Å². The summed E-state index contributed by atoms with van der Waals surface area (Å²) in [5, 5.41) is 0.188. The molecule has 14 heavy (non-hydrogen) atoms. The first kappa shape index (κ1) is 11.5. The molecular weight excluding hydrogens is 227 g/mol. The molecule has 1 atom stereocenters. The maximum Gasteiger partial charge on any atom is 0.219 e. The zero-order valence-corrected chi connectivity index (χ0v) is 9.07. The van der Waals surface area contributed by atoms with Gasteiger partial charge in [0.15, 0.2) is 0 Å². The molecule has 1 aromatic carbocycles. The maximum absolute atomic E-state index is 12.7. The predicted octanol–water partition coefficient (Wildman–Crippen LogP) is 2.12. The van der Waals surface area contributed by atoms with E-state index in [1.165, 1.54) is 25.3 Å². The van der Waals surface area contributed by atoms with Gasteiger partial charge in [0.05, 0.1) is 7.11 Å². The van der Waals surface area contributed by atoms with E-state index in [0.717, 1.165) is 12.0 Å². The summed E-state index contributed by atoms with van der Waals surface area (Å²) < 4.78 is 33.4. The van der Waals surface area contributed by atoms with E-state index in [0.29, 0.717) is 0 Å².